The van der Waals surface area contributed by atoms with Gasteiger partial charge in [0.2, 0.25) is 0 Å². The van der Waals surface area contributed by atoms with Gasteiger partial charge in [-0.1, -0.05) is 36.1 Å². The molecule has 2 N–H and O–H groups in total. The van der Waals surface area contributed by atoms with Crippen molar-refractivity contribution >= 4 is 23.3 Å². The van der Waals surface area contributed by atoms with Crippen LogP contribution in [0.15, 0.2) is 36.4 Å². The highest BCUT2D eigenvalue weighted by Gasteiger charge is 2.34. The van der Waals surface area contributed by atoms with Gasteiger partial charge in [-0.3, -0.25) is 9.59 Å². The van der Waals surface area contributed by atoms with Crippen LogP contribution in [0.25, 0.3) is 0 Å². The molecule has 1 fully saturated rings. The molecule has 0 bridgehead atoms. The first-order valence-electron chi connectivity index (χ1n) is 10.9. The van der Waals surface area contributed by atoms with E-state index < -0.39 is 11.7 Å². The molecule has 0 aromatic heterocycles. The number of nitrogens with one attached hydrogen (secondary N) is 2. The number of carbonyl (C=O) groups excluding carboxylic acids is 3. The van der Waals surface area contributed by atoms with Gasteiger partial charge in [0, 0.05) is 41.9 Å². The highest BCUT2D eigenvalue weighted by molar-refractivity contribution is 6.30. The van der Waals surface area contributed by atoms with Gasteiger partial charge < -0.3 is 20.1 Å². The molecule has 2 aliphatic rings. The number of alkyl carbamates (subject to hydrolysis) is 1. The largest absolute Gasteiger partial charge is 0.444 e. The maximum Gasteiger partial charge on any atom is 0.407 e. The number of hydrogen-bond donors (Lipinski definition) is 2. The molecule has 170 valence electrons. The average Bonchev–Trinajstić information content (AvgIpc) is 3.59. The molecule has 4 rings (SSSR count). The lowest BCUT2D eigenvalue weighted by molar-refractivity contribution is 0.0529. The second kappa shape index (κ2) is 9.08. The minimum Gasteiger partial charge on any atom is -0.444 e. The number of rotatable bonds is 5. The number of hydrogen-bond acceptors (Lipinski definition) is 6. The normalized spacial score (nSPS) is 16.2. The van der Waals surface area contributed by atoms with Gasteiger partial charge in [-0.05, 0) is 32.9 Å². The predicted octanol–water partition coefficient (Wildman–Crippen LogP) is 3.54. The number of ketones is 2. The highest BCUT2D eigenvalue weighted by atomic mass is 16.6. The molecule has 0 spiro atoms. The van der Waals surface area contributed by atoms with E-state index in [1.54, 1.807) is 57.2 Å². The van der Waals surface area contributed by atoms with Crippen LogP contribution >= 0.6 is 0 Å². The van der Waals surface area contributed by atoms with Crippen molar-refractivity contribution in [2.24, 2.45) is 0 Å². The van der Waals surface area contributed by atoms with Gasteiger partial charge in [0.05, 0.1) is 23.8 Å². The molecule has 1 heterocycles. The lowest BCUT2D eigenvalue weighted by atomic mass is 9.81. The highest BCUT2D eigenvalue weighted by Crippen LogP contribution is 2.34. The summed E-state index contributed by atoms with van der Waals surface area (Å²) in [6, 6.07) is 10.4. The lowest BCUT2D eigenvalue weighted by Gasteiger charge is -2.22. The van der Waals surface area contributed by atoms with E-state index in [0.29, 0.717) is 59.6 Å². The van der Waals surface area contributed by atoms with Gasteiger partial charge in [0.15, 0.2) is 11.6 Å². The summed E-state index contributed by atoms with van der Waals surface area (Å²) in [5, 5.41) is 5.90. The van der Waals surface area contributed by atoms with Crippen molar-refractivity contribution in [3.63, 3.8) is 0 Å². The van der Waals surface area contributed by atoms with Crippen molar-refractivity contribution in [1.82, 2.24) is 5.32 Å². The topological polar surface area (TPSA) is 97.0 Å². The second-order valence-electron chi connectivity index (χ2n) is 8.93. The third-order valence-corrected chi connectivity index (χ3v) is 5.14. The fourth-order valence-corrected chi connectivity index (χ4v) is 3.58. The second-order valence-corrected chi connectivity index (χ2v) is 8.93. The van der Waals surface area contributed by atoms with Crippen molar-refractivity contribution in [2.75, 3.05) is 25.0 Å². The number of epoxide rings is 1. The van der Waals surface area contributed by atoms with E-state index >= 15 is 0 Å². The Morgan fingerprint density at radius 1 is 1.09 bits per heavy atom. The van der Waals surface area contributed by atoms with Gasteiger partial charge in [-0.15, -0.1) is 0 Å². The zero-order valence-corrected chi connectivity index (χ0v) is 18.9. The zero-order valence-electron chi connectivity index (χ0n) is 18.9. The summed E-state index contributed by atoms with van der Waals surface area (Å²) in [4.78, 5) is 38.4. The molecule has 33 heavy (non-hydrogen) atoms. The SMILES string of the molecule is CC(C)(C)OC(=O)NCCC#Cc1ccc(NCC2CO2)c2c1C(=O)c1ccccc1C2=O. The standard InChI is InChI=1S/C26H26N2O5/c1-26(2,3)33-25(31)27-13-7-6-8-16-11-12-20(28-14-17-15-32-17)22-21(16)23(29)18-9-4-5-10-19(18)24(22)30/h4-5,9-12,17,28H,7,13-15H2,1-3H3,(H,27,31). The number of anilines is 1. The molecular formula is C26H26N2O5. The summed E-state index contributed by atoms with van der Waals surface area (Å²) in [6.07, 6.45) is -0.0143. The smallest absolute Gasteiger partial charge is 0.407 e. The van der Waals surface area contributed by atoms with E-state index in [1.165, 1.54) is 0 Å². The molecule has 1 aliphatic heterocycles. The van der Waals surface area contributed by atoms with E-state index in [4.69, 9.17) is 9.47 Å². The van der Waals surface area contributed by atoms with Gasteiger partial charge in [-0.25, -0.2) is 4.79 Å². The first-order valence-corrected chi connectivity index (χ1v) is 10.9. The van der Waals surface area contributed by atoms with Crippen molar-refractivity contribution < 1.29 is 23.9 Å². The summed E-state index contributed by atoms with van der Waals surface area (Å²) in [5.74, 6) is 5.58. The van der Waals surface area contributed by atoms with Crippen molar-refractivity contribution in [1.29, 1.82) is 0 Å². The Morgan fingerprint density at radius 3 is 2.39 bits per heavy atom. The third kappa shape index (κ3) is 5.24. The van der Waals surface area contributed by atoms with Crippen molar-refractivity contribution in [2.45, 2.75) is 38.9 Å². The lowest BCUT2D eigenvalue weighted by Crippen LogP contribution is -2.32. The molecule has 1 unspecified atom stereocenters. The number of benzene rings is 2. The quantitative estimate of drug-likeness (QED) is 0.354. The van der Waals surface area contributed by atoms with Crippen LogP contribution in [-0.2, 0) is 9.47 Å². The summed E-state index contributed by atoms with van der Waals surface area (Å²) < 4.78 is 10.4. The van der Waals surface area contributed by atoms with Crippen LogP contribution in [-0.4, -0.2) is 49.1 Å². The molecular weight excluding hydrogens is 420 g/mol. The van der Waals surface area contributed by atoms with Crippen LogP contribution in [0, 0.1) is 11.8 Å². The van der Waals surface area contributed by atoms with E-state index in [0.717, 1.165) is 0 Å². The molecule has 1 atom stereocenters. The Kier molecular flexibility index (Phi) is 6.21. The van der Waals surface area contributed by atoms with E-state index in [2.05, 4.69) is 22.5 Å². The molecule has 2 aromatic carbocycles. The van der Waals surface area contributed by atoms with Crippen LogP contribution in [0.2, 0.25) is 0 Å². The Morgan fingerprint density at radius 2 is 1.76 bits per heavy atom. The van der Waals surface area contributed by atoms with Crippen molar-refractivity contribution in [3.05, 3.63) is 64.2 Å². The van der Waals surface area contributed by atoms with E-state index in [-0.39, 0.29) is 17.7 Å². The predicted molar refractivity (Wildman–Crippen MR) is 124 cm³/mol. The molecule has 0 radical (unpaired) electrons. The maximum atomic E-state index is 13.3. The average molecular weight is 447 g/mol. The number of amides is 1. The van der Waals surface area contributed by atoms with Gasteiger partial charge in [-0.2, -0.15) is 0 Å². The van der Waals surface area contributed by atoms with E-state index in [9.17, 15) is 14.4 Å². The summed E-state index contributed by atoms with van der Waals surface area (Å²) in [6.45, 7) is 6.94. The number of carbonyl (C=O) groups is 3. The Balaban J connectivity index is 1.57. The fraction of sp³-hybridized carbons (Fsp3) is 0.346. The number of ether oxygens (including phenoxy) is 2. The summed E-state index contributed by atoms with van der Waals surface area (Å²) in [5.41, 5.74) is 1.96. The Bertz CT molecular complexity index is 1180. The summed E-state index contributed by atoms with van der Waals surface area (Å²) >= 11 is 0. The molecule has 1 saturated heterocycles. The van der Waals surface area contributed by atoms with Crippen LogP contribution in [0.4, 0.5) is 10.5 Å². The monoisotopic (exact) mass is 446 g/mol. The number of fused-ring (bicyclic) bond motifs is 2. The van der Waals surface area contributed by atoms with Crippen LogP contribution in [0.5, 0.6) is 0 Å². The van der Waals surface area contributed by atoms with Gasteiger partial charge in [0.25, 0.3) is 0 Å². The molecule has 1 aliphatic carbocycles. The molecule has 7 heteroatoms. The zero-order chi connectivity index (χ0) is 23.6. The maximum absolute atomic E-state index is 13.3. The summed E-state index contributed by atoms with van der Waals surface area (Å²) in [7, 11) is 0. The van der Waals surface area contributed by atoms with Gasteiger partial charge >= 0.3 is 6.09 Å². The van der Waals surface area contributed by atoms with Crippen LogP contribution in [0.3, 0.4) is 0 Å². The minimum atomic E-state index is -0.570. The Labute approximate surface area is 192 Å². The molecule has 0 saturated carbocycles. The molecule has 7 nitrogen and oxygen atoms in total. The van der Waals surface area contributed by atoms with Gasteiger partial charge in [0.1, 0.15) is 5.60 Å². The fourth-order valence-electron chi connectivity index (χ4n) is 3.58. The molecule has 2 aromatic rings. The minimum absolute atomic E-state index is 0.124. The Hall–Kier alpha value is -3.63. The first kappa shape index (κ1) is 22.6. The first-order chi connectivity index (χ1) is 15.7. The van der Waals surface area contributed by atoms with Crippen molar-refractivity contribution in [3.8, 4) is 11.8 Å². The third-order valence-electron chi connectivity index (χ3n) is 5.14. The van der Waals surface area contributed by atoms with E-state index in [1.807, 2.05) is 0 Å². The van der Waals surface area contributed by atoms with Crippen LogP contribution < -0.4 is 10.6 Å². The van der Waals surface area contributed by atoms with Crippen LogP contribution in [0.1, 0.15) is 64.6 Å². The molecule has 1 amide bonds.